The number of hydrogen-bond donors (Lipinski definition) is 5. The molecule has 1 fully saturated rings. The molecule has 5 aromatic rings. The van der Waals surface area contributed by atoms with Gasteiger partial charge in [-0.05, 0) is 49.6 Å². The van der Waals surface area contributed by atoms with E-state index in [1.165, 1.54) is 28.2 Å². The minimum atomic E-state index is -1.49. The number of fused-ring (bicyclic) bond motifs is 2. The third kappa shape index (κ3) is 5.86. The Balaban J connectivity index is 1.17. The number of rotatable bonds is 10. The fourth-order valence-corrected chi connectivity index (χ4v) is 5.60. The monoisotopic (exact) mass is 619 g/mol. The average Bonchev–Trinajstić information content (AvgIpc) is 3.68. The van der Waals surface area contributed by atoms with E-state index in [1.54, 1.807) is 13.8 Å². The van der Waals surface area contributed by atoms with Crippen molar-refractivity contribution in [3.05, 3.63) is 83.5 Å². The van der Waals surface area contributed by atoms with Gasteiger partial charge in [0.25, 0.3) is 5.91 Å². The highest BCUT2D eigenvalue weighted by atomic mass is 35.5. The van der Waals surface area contributed by atoms with Crippen LogP contribution in [0.1, 0.15) is 31.2 Å². The molecule has 3 aromatic heterocycles. The Labute approximate surface area is 258 Å². The van der Waals surface area contributed by atoms with Crippen LogP contribution in [-0.4, -0.2) is 82.3 Å². The van der Waals surface area contributed by atoms with Crippen molar-refractivity contribution in [1.82, 2.24) is 29.4 Å². The number of ether oxygens (including phenoxy) is 1. The molecular weight excluding hydrogens is 586 g/mol. The van der Waals surface area contributed by atoms with E-state index in [-0.39, 0.29) is 6.61 Å². The van der Waals surface area contributed by atoms with E-state index in [2.05, 4.69) is 48.5 Å². The summed E-state index contributed by atoms with van der Waals surface area (Å²) in [4.78, 5) is 25.9. The Hall–Kier alpha value is -4.07. The van der Waals surface area contributed by atoms with Crippen LogP contribution >= 0.6 is 11.6 Å². The number of hydrogen-bond acceptors (Lipinski definition) is 9. The molecule has 4 atom stereocenters. The maximum Gasteiger partial charge on any atom is 0.252 e. The van der Waals surface area contributed by atoms with E-state index in [9.17, 15) is 20.1 Å². The number of anilines is 1. The number of nitrogens with zero attached hydrogens (tertiary/aromatic N) is 5. The van der Waals surface area contributed by atoms with Gasteiger partial charge in [-0.3, -0.25) is 9.36 Å². The number of carbonyl (C=O) groups excluding carboxylic acids is 1. The van der Waals surface area contributed by atoms with E-state index in [0.717, 1.165) is 24.0 Å². The third-order valence-electron chi connectivity index (χ3n) is 7.81. The maximum atomic E-state index is 12.7. The van der Waals surface area contributed by atoms with Crippen LogP contribution in [0.2, 0.25) is 5.02 Å². The number of imidazole rings is 1. The number of amides is 1. The molecule has 4 heterocycles. The molecule has 0 radical (unpaired) electrons. The molecule has 6 rings (SSSR count). The summed E-state index contributed by atoms with van der Waals surface area (Å²) in [5.74, 6) is -0.139. The van der Waals surface area contributed by atoms with Crippen LogP contribution in [0.4, 0.5) is 5.82 Å². The zero-order chi connectivity index (χ0) is 31.0. The molecule has 1 saturated heterocycles. The van der Waals surface area contributed by atoms with E-state index in [1.807, 2.05) is 36.4 Å². The van der Waals surface area contributed by atoms with Crippen LogP contribution in [0, 0.1) is 0 Å². The van der Waals surface area contributed by atoms with Crippen molar-refractivity contribution in [1.29, 1.82) is 0 Å². The summed E-state index contributed by atoms with van der Waals surface area (Å²) in [5.41, 5.74) is 3.38. The fourth-order valence-electron chi connectivity index (χ4n) is 5.47. The third-order valence-corrected chi connectivity index (χ3v) is 8.06. The smallest absolute Gasteiger partial charge is 0.252 e. The van der Waals surface area contributed by atoms with Crippen LogP contribution < -0.4 is 10.6 Å². The molecule has 12 nitrogen and oxygen atoms in total. The summed E-state index contributed by atoms with van der Waals surface area (Å²) in [7, 11) is 0. The van der Waals surface area contributed by atoms with Gasteiger partial charge in [0, 0.05) is 35.2 Å². The second-order valence-electron chi connectivity index (χ2n) is 11.6. The number of aliphatic hydroxyl groups excluding tert-OH is 3. The minimum absolute atomic E-state index is 0.308. The Morgan fingerprint density at radius 1 is 1.07 bits per heavy atom. The Bertz CT molecular complexity index is 1790. The van der Waals surface area contributed by atoms with E-state index < -0.39 is 36.0 Å². The molecule has 5 N–H and O–H groups in total. The maximum absolute atomic E-state index is 12.7. The molecule has 13 heteroatoms. The Morgan fingerprint density at radius 2 is 1.84 bits per heavy atom. The first-order chi connectivity index (χ1) is 21.1. The number of carbonyl (C=O) groups is 1. The highest BCUT2D eigenvalue weighted by Gasteiger charge is 2.48. The number of nitrogens with one attached hydrogen (secondary N) is 2. The van der Waals surface area contributed by atoms with Gasteiger partial charge < -0.3 is 35.3 Å². The zero-order valence-electron chi connectivity index (χ0n) is 24.3. The van der Waals surface area contributed by atoms with Gasteiger partial charge in [-0.15, -0.1) is 0 Å². The lowest BCUT2D eigenvalue weighted by atomic mass is 10.0. The van der Waals surface area contributed by atoms with Crippen LogP contribution in [0.5, 0.6) is 0 Å². The number of para-hydroxylation sites is 1. The molecule has 0 aliphatic carbocycles. The Kier molecular flexibility index (Phi) is 8.27. The largest absolute Gasteiger partial charge is 0.394 e. The lowest BCUT2D eigenvalue weighted by Crippen LogP contribution is -2.52. The van der Waals surface area contributed by atoms with Crippen molar-refractivity contribution in [3.8, 4) is 0 Å². The van der Waals surface area contributed by atoms with Gasteiger partial charge in [0.2, 0.25) is 0 Å². The molecule has 1 aliphatic rings. The van der Waals surface area contributed by atoms with Crippen LogP contribution in [0.3, 0.4) is 0 Å². The van der Waals surface area contributed by atoms with E-state index >= 15 is 0 Å². The molecule has 0 bridgehead atoms. The van der Waals surface area contributed by atoms with Crippen molar-refractivity contribution in [3.63, 3.8) is 0 Å². The lowest BCUT2D eigenvalue weighted by molar-refractivity contribution is -0.139. The summed E-state index contributed by atoms with van der Waals surface area (Å²) < 4.78 is 9.51. The predicted octanol–water partition coefficient (Wildman–Crippen LogP) is 2.64. The highest BCUT2D eigenvalue weighted by Crippen LogP contribution is 2.33. The van der Waals surface area contributed by atoms with Crippen molar-refractivity contribution in [2.45, 2.75) is 56.9 Å². The SMILES string of the molecule is CC(C)(CO)NC(=O)C1OC(n2cnc3c(NCCc4cn(Cc5ccc(Cl)cc5)c5ccccc45)ncnc32)C(O)C1O. The molecule has 0 spiro atoms. The molecule has 1 aliphatic heterocycles. The van der Waals surface area contributed by atoms with Crippen LogP contribution in [0.15, 0.2) is 67.4 Å². The van der Waals surface area contributed by atoms with E-state index in [4.69, 9.17) is 16.3 Å². The van der Waals surface area contributed by atoms with Crippen molar-refractivity contribution in [2.24, 2.45) is 0 Å². The van der Waals surface area contributed by atoms with Crippen LogP contribution in [0.25, 0.3) is 22.1 Å². The van der Waals surface area contributed by atoms with Crippen molar-refractivity contribution < 1.29 is 24.9 Å². The topological polar surface area (TPSA) is 160 Å². The summed E-state index contributed by atoms with van der Waals surface area (Å²) in [6.45, 7) is 4.25. The summed E-state index contributed by atoms with van der Waals surface area (Å²) in [5, 5.41) is 38.7. The van der Waals surface area contributed by atoms with Gasteiger partial charge in [-0.1, -0.05) is 41.9 Å². The first-order valence-corrected chi connectivity index (χ1v) is 14.7. The molecule has 0 saturated carbocycles. The molecule has 2 aromatic carbocycles. The second kappa shape index (κ2) is 12.1. The summed E-state index contributed by atoms with van der Waals surface area (Å²) in [6.07, 6.45) is 0.337. The fraction of sp³-hybridized carbons (Fsp3) is 0.355. The predicted molar refractivity (Wildman–Crippen MR) is 165 cm³/mol. The first kappa shape index (κ1) is 30.0. The lowest BCUT2D eigenvalue weighted by Gasteiger charge is -2.26. The van der Waals surface area contributed by atoms with Gasteiger partial charge in [0.05, 0.1) is 18.5 Å². The normalized spacial score (nSPS) is 20.4. The standard InChI is InChI=1S/C31H34ClN7O5/c1-31(2,15-40)37-29(43)26-24(41)25(42)30(44-26)39-17-36-23-27(34-16-35-28(23)39)33-12-11-19-14-38(22-6-4-3-5-21(19)22)13-18-7-9-20(32)10-8-18/h3-10,14,16-17,24-26,30,40-42H,11-13,15H2,1-2H3,(H,37,43)(H,33,34,35). The number of aliphatic hydroxyl groups is 3. The Morgan fingerprint density at radius 3 is 2.61 bits per heavy atom. The number of benzene rings is 2. The summed E-state index contributed by atoms with van der Waals surface area (Å²) in [6, 6.07) is 16.1. The second-order valence-corrected chi connectivity index (χ2v) is 12.0. The molecule has 4 unspecified atom stereocenters. The minimum Gasteiger partial charge on any atom is -0.394 e. The van der Waals surface area contributed by atoms with Crippen LogP contribution in [-0.2, 0) is 22.5 Å². The van der Waals surface area contributed by atoms with Gasteiger partial charge in [0.15, 0.2) is 29.3 Å². The van der Waals surface area contributed by atoms with E-state index in [0.29, 0.717) is 28.5 Å². The molecule has 230 valence electrons. The molecule has 1 amide bonds. The van der Waals surface area contributed by atoms with Crippen molar-refractivity contribution in [2.75, 3.05) is 18.5 Å². The van der Waals surface area contributed by atoms with Gasteiger partial charge in [-0.25, -0.2) is 15.0 Å². The molecular formula is C31H34ClN7O5. The first-order valence-electron chi connectivity index (χ1n) is 14.3. The van der Waals surface area contributed by atoms with Gasteiger partial charge in [-0.2, -0.15) is 0 Å². The average molecular weight is 620 g/mol. The van der Waals surface area contributed by atoms with Gasteiger partial charge >= 0.3 is 0 Å². The highest BCUT2D eigenvalue weighted by molar-refractivity contribution is 6.30. The quantitative estimate of drug-likeness (QED) is 0.158. The number of halogens is 1. The van der Waals surface area contributed by atoms with Gasteiger partial charge in [0.1, 0.15) is 18.5 Å². The zero-order valence-corrected chi connectivity index (χ0v) is 25.0. The summed E-state index contributed by atoms with van der Waals surface area (Å²) >= 11 is 6.07. The molecule has 44 heavy (non-hydrogen) atoms. The number of aromatic nitrogens is 5. The van der Waals surface area contributed by atoms with Crippen molar-refractivity contribution >= 4 is 45.4 Å².